The van der Waals surface area contributed by atoms with E-state index in [0.29, 0.717) is 12.6 Å². The van der Waals surface area contributed by atoms with Crippen LogP contribution >= 0.6 is 0 Å². The van der Waals surface area contributed by atoms with Gasteiger partial charge in [-0.2, -0.15) is 4.98 Å². The average molecular weight is 377 g/mol. The summed E-state index contributed by atoms with van der Waals surface area (Å²) in [7, 11) is 8.09. The molecule has 0 aliphatic carbocycles. The lowest BCUT2D eigenvalue weighted by Crippen LogP contribution is -2.08. The van der Waals surface area contributed by atoms with Gasteiger partial charge in [0.25, 0.3) is 0 Å². The molecule has 3 rings (SSSR count). The lowest BCUT2D eigenvalue weighted by Gasteiger charge is -2.15. The van der Waals surface area contributed by atoms with E-state index in [2.05, 4.69) is 68.3 Å². The molecule has 1 aromatic heterocycles. The first-order valence-electron chi connectivity index (χ1n) is 9.42. The van der Waals surface area contributed by atoms with Crippen LogP contribution in [0.5, 0.6) is 6.01 Å². The zero-order valence-corrected chi connectivity index (χ0v) is 17.2. The van der Waals surface area contributed by atoms with Crippen LogP contribution in [-0.4, -0.2) is 50.0 Å². The van der Waals surface area contributed by atoms with Gasteiger partial charge in [0.05, 0.1) is 6.61 Å². The van der Waals surface area contributed by atoms with Crippen molar-refractivity contribution in [3.8, 4) is 28.5 Å². The first-order valence-corrected chi connectivity index (χ1v) is 9.42. The minimum absolute atomic E-state index is 0.308. The highest BCUT2D eigenvalue weighted by molar-refractivity contribution is 5.79. The number of hydrogen-bond donors (Lipinski definition) is 0. The predicted octanol–water partition coefficient (Wildman–Crippen LogP) is 4.13. The van der Waals surface area contributed by atoms with Crippen LogP contribution < -0.4 is 14.5 Å². The van der Waals surface area contributed by atoms with Crippen molar-refractivity contribution >= 4 is 11.4 Å². The van der Waals surface area contributed by atoms with E-state index in [1.54, 1.807) is 0 Å². The van der Waals surface area contributed by atoms with E-state index in [-0.39, 0.29) is 0 Å². The highest BCUT2D eigenvalue weighted by Gasteiger charge is 2.15. The van der Waals surface area contributed by atoms with Crippen LogP contribution in [0.2, 0.25) is 0 Å². The number of ether oxygens (including phenoxy) is 1. The quantitative estimate of drug-likeness (QED) is 0.617. The Labute approximate surface area is 166 Å². The van der Waals surface area contributed by atoms with Crippen LogP contribution in [0.25, 0.3) is 22.5 Å². The molecule has 28 heavy (non-hydrogen) atoms. The normalized spacial score (nSPS) is 10.6. The first-order chi connectivity index (χ1) is 13.5. The number of rotatable bonds is 7. The van der Waals surface area contributed by atoms with Gasteiger partial charge in [-0.25, -0.2) is 0 Å². The Balaban J connectivity index is 2.05. The van der Waals surface area contributed by atoms with Crippen molar-refractivity contribution < 1.29 is 4.74 Å². The molecule has 6 nitrogen and oxygen atoms in total. The summed E-state index contributed by atoms with van der Waals surface area (Å²) in [4.78, 5) is 8.80. The summed E-state index contributed by atoms with van der Waals surface area (Å²) in [5, 5.41) is 8.63. The largest absolute Gasteiger partial charge is 0.462 e. The summed E-state index contributed by atoms with van der Waals surface area (Å²) in [6.45, 7) is 2.62. The second kappa shape index (κ2) is 8.69. The number of benzene rings is 2. The summed E-state index contributed by atoms with van der Waals surface area (Å²) in [6, 6.07) is 16.8. The Morgan fingerprint density at radius 3 is 1.68 bits per heavy atom. The van der Waals surface area contributed by atoms with Gasteiger partial charge in [0, 0.05) is 50.7 Å². The van der Waals surface area contributed by atoms with Gasteiger partial charge in [-0.3, -0.25) is 0 Å². The van der Waals surface area contributed by atoms with Gasteiger partial charge in [-0.15, -0.1) is 5.10 Å². The maximum atomic E-state index is 5.62. The molecule has 0 amide bonds. The van der Waals surface area contributed by atoms with Gasteiger partial charge in [0.1, 0.15) is 11.4 Å². The Hall–Kier alpha value is -3.15. The molecule has 0 aliphatic heterocycles. The lowest BCUT2D eigenvalue weighted by atomic mass is 10.0. The smallest absolute Gasteiger partial charge is 0.336 e. The second-order valence-electron chi connectivity index (χ2n) is 7.02. The molecule has 0 unspecified atom stereocenters. The fourth-order valence-electron chi connectivity index (χ4n) is 2.80. The molecule has 0 spiro atoms. The topological polar surface area (TPSA) is 54.4 Å². The Bertz CT molecular complexity index is 905. The Morgan fingerprint density at radius 2 is 1.21 bits per heavy atom. The van der Waals surface area contributed by atoms with Crippen LogP contribution in [0, 0.1) is 0 Å². The molecule has 146 valence electrons. The summed E-state index contributed by atoms with van der Waals surface area (Å²) in [5.41, 5.74) is 5.72. The molecule has 0 atom stereocenters. The van der Waals surface area contributed by atoms with E-state index in [1.165, 1.54) is 0 Å². The molecule has 0 saturated carbocycles. The van der Waals surface area contributed by atoms with E-state index in [4.69, 9.17) is 4.74 Å². The third-order valence-corrected chi connectivity index (χ3v) is 4.42. The number of aromatic nitrogens is 3. The molecule has 2 aromatic carbocycles. The van der Waals surface area contributed by atoms with Gasteiger partial charge in [0.2, 0.25) is 0 Å². The molecule has 3 aromatic rings. The molecule has 0 N–H and O–H groups in total. The van der Waals surface area contributed by atoms with E-state index in [1.807, 2.05) is 40.3 Å². The predicted molar refractivity (Wildman–Crippen MR) is 115 cm³/mol. The van der Waals surface area contributed by atoms with Gasteiger partial charge >= 0.3 is 6.01 Å². The molecular weight excluding hydrogens is 350 g/mol. The van der Waals surface area contributed by atoms with Gasteiger partial charge in [-0.05, 0) is 30.7 Å². The van der Waals surface area contributed by atoms with Crippen molar-refractivity contribution in [1.29, 1.82) is 0 Å². The van der Waals surface area contributed by atoms with Gasteiger partial charge in [0.15, 0.2) is 0 Å². The third-order valence-electron chi connectivity index (χ3n) is 4.42. The van der Waals surface area contributed by atoms with E-state index < -0.39 is 0 Å². The fourth-order valence-corrected chi connectivity index (χ4v) is 2.80. The third kappa shape index (κ3) is 4.39. The number of hydrogen-bond acceptors (Lipinski definition) is 6. The molecule has 6 heteroatoms. The zero-order valence-electron chi connectivity index (χ0n) is 17.2. The minimum atomic E-state index is 0.308. The molecular formula is C22H27N5O. The van der Waals surface area contributed by atoms with Crippen molar-refractivity contribution in [1.82, 2.24) is 15.2 Å². The Kier molecular flexibility index (Phi) is 6.09. The van der Waals surface area contributed by atoms with Crippen LogP contribution in [0.4, 0.5) is 11.4 Å². The van der Waals surface area contributed by atoms with Crippen molar-refractivity contribution in [2.24, 2.45) is 0 Å². The van der Waals surface area contributed by atoms with Gasteiger partial charge < -0.3 is 14.5 Å². The Morgan fingerprint density at radius 1 is 0.714 bits per heavy atom. The zero-order chi connectivity index (χ0) is 20.1. The van der Waals surface area contributed by atoms with Crippen LogP contribution in [0.15, 0.2) is 48.5 Å². The molecule has 0 radical (unpaired) electrons. The highest BCUT2D eigenvalue weighted by atomic mass is 16.5. The molecule has 1 heterocycles. The SMILES string of the molecule is CCCOc1nnc(-c2ccc(N(C)C)cc2)c(-c2ccc(N(C)C)cc2)n1. The fraction of sp³-hybridized carbons (Fsp3) is 0.318. The van der Waals surface area contributed by atoms with E-state index in [0.717, 1.165) is 40.3 Å². The molecule has 0 bridgehead atoms. The standard InChI is InChI=1S/C22H27N5O/c1-6-15-28-22-23-20(16-7-11-18(12-8-16)26(2)3)21(24-25-22)17-9-13-19(14-10-17)27(4)5/h7-14H,6,15H2,1-5H3. The minimum Gasteiger partial charge on any atom is -0.462 e. The second-order valence-corrected chi connectivity index (χ2v) is 7.02. The highest BCUT2D eigenvalue weighted by Crippen LogP contribution is 2.31. The summed E-state index contributed by atoms with van der Waals surface area (Å²) in [6.07, 6.45) is 0.893. The molecule has 0 saturated heterocycles. The molecule has 0 aliphatic rings. The van der Waals surface area contributed by atoms with Crippen LogP contribution in [-0.2, 0) is 0 Å². The summed E-state index contributed by atoms with van der Waals surface area (Å²) >= 11 is 0. The molecule has 0 fully saturated rings. The lowest BCUT2D eigenvalue weighted by molar-refractivity contribution is 0.288. The maximum absolute atomic E-state index is 5.62. The first kappa shape index (κ1) is 19.6. The van der Waals surface area contributed by atoms with Gasteiger partial charge in [-0.1, -0.05) is 36.3 Å². The number of anilines is 2. The summed E-state index contributed by atoms with van der Waals surface area (Å²) < 4.78 is 5.62. The van der Waals surface area contributed by atoms with E-state index in [9.17, 15) is 0 Å². The number of nitrogens with zero attached hydrogens (tertiary/aromatic N) is 5. The van der Waals surface area contributed by atoms with Crippen molar-refractivity contribution in [2.75, 3.05) is 44.6 Å². The van der Waals surface area contributed by atoms with Crippen molar-refractivity contribution in [2.45, 2.75) is 13.3 Å². The van der Waals surface area contributed by atoms with Crippen LogP contribution in [0.3, 0.4) is 0 Å². The van der Waals surface area contributed by atoms with Crippen molar-refractivity contribution in [3.63, 3.8) is 0 Å². The maximum Gasteiger partial charge on any atom is 0.336 e. The monoisotopic (exact) mass is 377 g/mol. The average Bonchev–Trinajstić information content (AvgIpc) is 2.72. The summed E-state index contributed by atoms with van der Waals surface area (Å²) in [5.74, 6) is 0. The van der Waals surface area contributed by atoms with Crippen molar-refractivity contribution in [3.05, 3.63) is 48.5 Å². The van der Waals surface area contributed by atoms with Crippen LogP contribution in [0.1, 0.15) is 13.3 Å². The van der Waals surface area contributed by atoms with E-state index >= 15 is 0 Å².